The third-order valence-electron chi connectivity index (χ3n) is 7.42. The van der Waals surface area contributed by atoms with Crippen LogP contribution in [-0.2, 0) is 11.2 Å². The lowest BCUT2D eigenvalue weighted by Crippen LogP contribution is -2.06. The Morgan fingerprint density at radius 2 is 1.83 bits per heavy atom. The Kier molecular flexibility index (Phi) is 10.7. The number of carbonyl (C=O) groups is 1. The Morgan fingerprint density at radius 3 is 2.47 bits per heavy atom. The lowest BCUT2D eigenvalue weighted by Gasteiger charge is -2.21. The van der Waals surface area contributed by atoms with E-state index in [1.54, 1.807) is 7.11 Å². The smallest absolute Gasteiger partial charge is 0.162 e. The highest BCUT2D eigenvalue weighted by Crippen LogP contribution is 2.34. The highest BCUT2D eigenvalue weighted by atomic mass is 16.5. The summed E-state index contributed by atoms with van der Waals surface area (Å²) in [4.78, 5) is 13.1. The molecule has 0 saturated carbocycles. The molecule has 0 saturated heterocycles. The number of ketones is 1. The van der Waals surface area contributed by atoms with E-state index in [4.69, 9.17) is 10.00 Å². The Labute approximate surface area is 217 Å². The third kappa shape index (κ3) is 7.28. The van der Waals surface area contributed by atoms with Gasteiger partial charge in [-0.3, -0.25) is 4.79 Å². The summed E-state index contributed by atoms with van der Waals surface area (Å²) < 4.78 is 5.33. The number of Topliss-reactive ketones (excluding diaryl/α,β-unsaturated/α-hetero) is 1. The molecule has 36 heavy (non-hydrogen) atoms. The lowest BCUT2D eigenvalue weighted by atomic mass is 9.85. The molecule has 0 fully saturated rings. The number of methoxy groups -OCH3 is 1. The van der Waals surface area contributed by atoms with Gasteiger partial charge in [0.25, 0.3) is 0 Å². The summed E-state index contributed by atoms with van der Waals surface area (Å²) in [6.45, 7) is 7.27. The van der Waals surface area contributed by atoms with E-state index in [1.807, 2.05) is 18.2 Å². The van der Waals surface area contributed by atoms with Crippen molar-refractivity contribution < 1.29 is 9.53 Å². The van der Waals surface area contributed by atoms with E-state index in [0.29, 0.717) is 24.5 Å². The monoisotopic (exact) mass is 483 g/mol. The Balaban J connectivity index is 1.64. The fourth-order valence-corrected chi connectivity index (χ4v) is 5.41. The molecule has 2 aromatic carbocycles. The predicted molar refractivity (Wildman–Crippen MR) is 149 cm³/mol. The minimum absolute atomic E-state index is 0.244. The van der Waals surface area contributed by atoms with Crippen LogP contribution in [0.2, 0.25) is 0 Å². The first-order valence-electron chi connectivity index (χ1n) is 13.5. The summed E-state index contributed by atoms with van der Waals surface area (Å²) in [5.41, 5.74) is 9.41. The van der Waals surface area contributed by atoms with Gasteiger partial charge in [0, 0.05) is 19.1 Å². The van der Waals surface area contributed by atoms with Gasteiger partial charge in [-0.05, 0) is 103 Å². The molecule has 1 atom stereocenters. The number of rotatable bonds is 13. The average molecular weight is 484 g/mol. The maximum atomic E-state index is 13.1. The zero-order valence-electron chi connectivity index (χ0n) is 22.5. The Bertz CT molecular complexity index is 1130. The number of allylic oxidation sites excluding steroid dienone is 3. The second-order valence-electron chi connectivity index (χ2n) is 10.0. The van der Waals surface area contributed by atoms with Crippen LogP contribution in [0.1, 0.15) is 111 Å². The quantitative estimate of drug-likeness (QED) is 0.212. The van der Waals surface area contributed by atoms with Crippen LogP contribution in [-0.4, -0.2) is 19.5 Å². The van der Waals surface area contributed by atoms with Crippen molar-refractivity contribution in [2.45, 2.75) is 84.5 Å². The summed E-state index contributed by atoms with van der Waals surface area (Å²) >= 11 is 0. The number of hydrogen-bond acceptors (Lipinski definition) is 3. The van der Waals surface area contributed by atoms with Crippen molar-refractivity contribution in [2.75, 3.05) is 13.7 Å². The zero-order valence-corrected chi connectivity index (χ0v) is 22.5. The topological polar surface area (TPSA) is 50.1 Å². The van der Waals surface area contributed by atoms with Crippen LogP contribution in [0.4, 0.5) is 0 Å². The first kappa shape index (κ1) is 27.6. The van der Waals surface area contributed by atoms with Crippen LogP contribution in [0.25, 0.3) is 5.57 Å². The number of hydrogen-bond donors (Lipinski definition) is 0. The van der Waals surface area contributed by atoms with Crippen molar-refractivity contribution in [1.29, 1.82) is 5.26 Å². The molecule has 190 valence electrons. The van der Waals surface area contributed by atoms with Gasteiger partial charge in [-0.1, -0.05) is 57.0 Å². The number of benzene rings is 2. The van der Waals surface area contributed by atoms with Crippen LogP contribution in [0, 0.1) is 11.3 Å². The number of carbonyl (C=O) groups excluding carboxylic acids is 1. The summed E-state index contributed by atoms with van der Waals surface area (Å²) in [6.07, 6.45) is 11.1. The molecule has 1 aliphatic carbocycles. The SMILES string of the molecule is CCCC(CCCCC(=O)c1ccc(CC)c(C2=C(C)C=C(COC)CC2)c1)c1ccc(C#N)cc1. The third-order valence-corrected chi connectivity index (χ3v) is 7.42. The average Bonchev–Trinajstić information content (AvgIpc) is 2.90. The van der Waals surface area contributed by atoms with E-state index in [9.17, 15) is 4.79 Å². The molecule has 0 amide bonds. The number of unbranched alkanes of at least 4 members (excludes halogenated alkanes) is 1. The van der Waals surface area contributed by atoms with E-state index in [1.165, 1.54) is 33.4 Å². The molecule has 0 aliphatic heterocycles. The fraction of sp³-hybridized carbons (Fsp3) is 0.455. The number of nitrogens with zero attached hydrogens (tertiary/aromatic N) is 1. The van der Waals surface area contributed by atoms with Crippen LogP contribution in [0.5, 0.6) is 0 Å². The molecule has 0 heterocycles. The van der Waals surface area contributed by atoms with Crippen molar-refractivity contribution in [3.63, 3.8) is 0 Å². The van der Waals surface area contributed by atoms with Crippen LogP contribution >= 0.6 is 0 Å². The van der Waals surface area contributed by atoms with Crippen molar-refractivity contribution in [3.05, 3.63) is 87.5 Å². The van der Waals surface area contributed by atoms with Gasteiger partial charge in [-0.15, -0.1) is 0 Å². The minimum Gasteiger partial charge on any atom is -0.380 e. The molecule has 1 aliphatic rings. The predicted octanol–water partition coefficient (Wildman–Crippen LogP) is 8.59. The zero-order chi connectivity index (χ0) is 25.9. The molecule has 3 rings (SSSR count). The van der Waals surface area contributed by atoms with Gasteiger partial charge >= 0.3 is 0 Å². The van der Waals surface area contributed by atoms with Crippen LogP contribution in [0.15, 0.2) is 59.7 Å². The molecule has 3 heteroatoms. The minimum atomic E-state index is 0.244. The van der Waals surface area contributed by atoms with E-state index >= 15 is 0 Å². The molecule has 0 radical (unpaired) electrons. The molecular formula is C33H41NO2. The van der Waals surface area contributed by atoms with Gasteiger partial charge in [-0.2, -0.15) is 5.26 Å². The molecular weight excluding hydrogens is 442 g/mol. The number of nitriles is 1. The second-order valence-corrected chi connectivity index (χ2v) is 10.0. The lowest BCUT2D eigenvalue weighted by molar-refractivity contribution is 0.0979. The van der Waals surface area contributed by atoms with Gasteiger partial charge in [0.05, 0.1) is 18.2 Å². The Morgan fingerprint density at radius 1 is 1.06 bits per heavy atom. The molecule has 0 N–H and O–H groups in total. The summed E-state index contributed by atoms with van der Waals surface area (Å²) in [7, 11) is 1.75. The standard InChI is InChI=1S/C33H41NO2/c1-5-9-28(29-15-12-25(22-34)13-16-29)10-7-8-11-33(35)30-18-17-27(6-2)32(21-30)31-19-14-26(23-36-4)20-24(31)3/h12-13,15-18,20-21,28H,5-11,14,19,23H2,1-4H3. The summed E-state index contributed by atoms with van der Waals surface area (Å²) in [5.74, 6) is 0.736. The first-order chi connectivity index (χ1) is 17.5. The summed E-state index contributed by atoms with van der Waals surface area (Å²) in [6, 6.07) is 16.5. The molecule has 1 unspecified atom stereocenters. The fourth-order valence-electron chi connectivity index (χ4n) is 5.41. The van der Waals surface area contributed by atoms with E-state index in [-0.39, 0.29) is 5.78 Å². The largest absolute Gasteiger partial charge is 0.380 e. The van der Waals surface area contributed by atoms with Crippen LogP contribution < -0.4 is 0 Å². The van der Waals surface area contributed by atoms with E-state index < -0.39 is 0 Å². The highest BCUT2D eigenvalue weighted by Gasteiger charge is 2.17. The van der Waals surface area contributed by atoms with E-state index in [0.717, 1.165) is 56.9 Å². The van der Waals surface area contributed by atoms with Gasteiger partial charge in [0.2, 0.25) is 0 Å². The second kappa shape index (κ2) is 14.0. The van der Waals surface area contributed by atoms with Crippen LogP contribution in [0.3, 0.4) is 0 Å². The molecule has 2 aromatic rings. The number of ether oxygens (including phenoxy) is 1. The summed E-state index contributed by atoms with van der Waals surface area (Å²) in [5, 5.41) is 9.06. The highest BCUT2D eigenvalue weighted by molar-refractivity contribution is 5.97. The maximum Gasteiger partial charge on any atom is 0.162 e. The Hall–Kier alpha value is -2.96. The van der Waals surface area contributed by atoms with Crippen molar-refractivity contribution in [1.82, 2.24) is 0 Å². The maximum absolute atomic E-state index is 13.1. The van der Waals surface area contributed by atoms with Crippen molar-refractivity contribution >= 4 is 11.4 Å². The number of aryl methyl sites for hydroxylation is 1. The molecule has 0 spiro atoms. The normalized spacial score (nSPS) is 14.4. The van der Waals surface area contributed by atoms with Gasteiger partial charge < -0.3 is 4.74 Å². The molecule has 3 nitrogen and oxygen atoms in total. The van der Waals surface area contributed by atoms with Crippen molar-refractivity contribution in [3.8, 4) is 6.07 Å². The van der Waals surface area contributed by atoms with Gasteiger partial charge in [-0.25, -0.2) is 0 Å². The molecule has 0 aromatic heterocycles. The van der Waals surface area contributed by atoms with Gasteiger partial charge in [0.15, 0.2) is 5.78 Å². The van der Waals surface area contributed by atoms with E-state index in [2.05, 4.69) is 57.2 Å². The first-order valence-corrected chi connectivity index (χ1v) is 13.5. The molecule has 0 bridgehead atoms. The van der Waals surface area contributed by atoms with Crippen molar-refractivity contribution in [2.24, 2.45) is 0 Å². The van der Waals surface area contributed by atoms with Gasteiger partial charge in [0.1, 0.15) is 0 Å².